The number of aryl methyl sites for hydroxylation is 1. The predicted octanol–water partition coefficient (Wildman–Crippen LogP) is 1.61. The standard InChI is InChI=1S/C12H15ClN2O2/c1-8-4-3-5-11(14-8)17-10-6-15(7-10)12(16)9(2)13/h3-5,9-10H,6-7H2,1-2H3. The lowest BCUT2D eigenvalue weighted by atomic mass is 10.1. The molecule has 92 valence electrons. The van der Waals surface area contributed by atoms with Gasteiger partial charge in [-0.2, -0.15) is 0 Å². The molecule has 0 saturated carbocycles. The summed E-state index contributed by atoms with van der Waals surface area (Å²) in [5.41, 5.74) is 0.920. The number of aromatic nitrogens is 1. The summed E-state index contributed by atoms with van der Waals surface area (Å²) in [6.07, 6.45) is 0.0312. The van der Waals surface area contributed by atoms with Crippen LogP contribution in [0.4, 0.5) is 0 Å². The molecule has 4 nitrogen and oxygen atoms in total. The zero-order valence-corrected chi connectivity index (χ0v) is 10.6. The third kappa shape index (κ3) is 2.88. The Bertz CT molecular complexity index is 417. The van der Waals surface area contributed by atoms with E-state index in [2.05, 4.69) is 4.98 Å². The van der Waals surface area contributed by atoms with E-state index in [9.17, 15) is 4.79 Å². The highest BCUT2D eigenvalue weighted by molar-refractivity contribution is 6.30. The summed E-state index contributed by atoms with van der Waals surface area (Å²) in [4.78, 5) is 17.4. The van der Waals surface area contributed by atoms with Gasteiger partial charge in [-0.15, -0.1) is 11.6 Å². The Morgan fingerprint density at radius 2 is 2.29 bits per heavy atom. The molecular formula is C12H15ClN2O2. The lowest BCUT2D eigenvalue weighted by Gasteiger charge is -2.39. The molecule has 1 aliphatic rings. The van der Waals surface area contributed by atoms with E-state index >= 15 is 0 Å². The fourth-order valence-corrected chi connectivity index (χ4v) is 1.84. The average Bonchev–Trinajstić information content (AvgIpc) is 2.22. The van der Waals surface area contributed by atoms with Crippen LogP contribution in [0.5, 0.6) is 5.88 Å². The number of ether oxygens (including phenoxy) is 1. The molecule has 0 spiro atoms. The van der Waals surface area contributed by atoms with Crippen LogP contribution in [0.2, 0.25) is 0 Å². The van der Waals surface area contributed by atoms with Gasteiger partial charge >= 0.3 is 0 Å². The molecule has 17 heavy (non-hydrogen) atoms. The van der Waals surface area contributed by atoms with E-state index in [1.54, 1.807) is 11.8 Å². The highest BCUT2D eigenvalue weighted by Gasteiger charge is 2.34. The largest absolute Gasteiger partial charge is 0.471 e. The van der Waals surface area contributed by atoms with E-state index < -0.39 is 5.38 Å². The van der Waals surface area contributed by atoms with Gasteiger partial charge in [0.25, 0.3) is 0 Å². The quantitative estimate of drug-likeness (QED) is 0.770. The van der Waals surface area contributed by atoms with E-state index in [4.69, 9.17) is 16.3 Å². The minimum Gasteiger partial charge on any atom is -0.471 e. The van der Waals surface area contributed by atoms with Gasteiger partial charge in [0.1, 0.15) is 11.5 Å². The maximum atomic E-state index is 11.5. The van der Waals surface area contributed by atoms with Crippen molar-refractivity contribution >= 4 is 17.5 Å². The molecule has 1 atom stereocenters. The molecule has 2 rings (SSSR count). The predicted molar refractivity (Wildman–Crippen MR) is 65.3 cm³/mol. The lowest BCUT2D eigenvalue weighted by Crippen LogP contribution is -2.57. The Hall–Kier alpha value is -1.29. The van der Waals surface area contributed by atoms with Crippen LogP contribution in [0.3, 0.4) is 0 Å². The number of alkyl halides is 1. The summed E-state index contributed by atoms with van der Waals surface area (Å²) in [6.45, 7) is 4.77. The Labute approximate surface area is 106 Å². The van der Waals surface area contributed by atoms with E-state index in [0.717, 1.165) is 5.69 Å². The third-order valence-corrected chi connectivity index (χ3v) is 2.84. The molecule has 0 aliphatic carbocycles. The van der Waals surface area contributed by atoms with Crippen LogP contribution in [0.1, 0.15) is 12.6 Å². The molecule has 1 fully saturated rings. The number of hydrogen-bond acceptors (Lipinski definition) is 3. The van der Waals surface area contributed by atoms with E-state index in [1.807, 2.05) is 25.1 Å². The molecule has 1 aromatic heterocycles. The van der Waals surface area contributed by atoms with Crippen LogP contribution in [-0.2, 0) is 4.79 Å². The van der Waals surface area contributed by atoms with Gasteiger partial charge in [0.2, 0.25) is 11.8 Å². The summed E-state index contributed by atoms with van der Waals surface area (Å²) in [5.74, 6) is 0.574. The number of rotatable bonds is 3. The fourth-order valence-electron chi connectivity index (χ4n) is 1.70. The van der Waals surface area contributed by atoms with E-state index in [0.29, 0.717) is 19.0 Å². The van der Waals surface area contributed by atoms with Crippen LogP contribution < -0.4 is 4.74 Å². The van der Waals surface area contributed by atoms with Gasteiger partial charge in [-0.25, -0.2) is 4.98 Å². The number of carbonyl (C=O) groups excluding carboxylic acids is 1. The number of pyridine rings is 1. The van der Waals surface area contributed by atoms with Crippen molar-refractivity contribution in [3.63, 3.8) is 0 Å². The smallest absolute Gasteiger partial charge is 0.240 e. The molecule has 0 N–H and O–H groups in total. The summed E-state index contributed by atoms with van der Waals surface area (Å²) >= 11 is 5.72. The van der Waals surface area contributed by atoms with Gasteiger partial charge < -0.3 is 9.64 Å². The van der Waals surface area contributed by atoms with Gasteiger partial charge in [0.15, 0.2) is 0 Å². The molecule has 1 saturated heterocycles. The van der Waals surface area contributed by atoms with Crippen molar-refractivity contribution in [3.8, 4) is 5.88 Å². The van der Waals surface area contributed by atoms with E-state index in [1.165, 1.54) is 0 Å². The lowest BCUT2D eigenvalue weighted by molar-refractivity contribution is -0.139. The van der Waals surface area contributed by atoms with Crippen molar-refractivity contribution < 1.29 is 9.53 Å². The normalized spacial score (nSPS) is 17.5. The van der Waals surface area contributed by atoms with Crippen molar-refractivity contribution in [2.24, 2.45) is 0 Å². The summed E-state index contributed by atoms with van der Waals surface area (Å²) in [5, 5.41) is -0.465. The van der Waals surface area contributed by atoms with Gasteiger partial charge in [0, 0.05) is 11.8 Å². The summed E-state index contributed by atoms with van der Waals surface area (Å²) in [7, 11) is 0. The molecule has 0 radical (unpaired) electrons. The van der Waals surface area contributed by atoms with E-state index in [-0.39, 0.29) is 12.0 Å². The number of carbonyl (C=O) groups is 1. The first-order valence-corrected chi connectivity index (χ1v) is 6.03. The molecule has 1 aromatic rings. The van der Waals surface area contributed by atoms with Crippen molar-refractivity contribution in [2.45, 2.75) is 25.3 Å². The second kappa shape index (κ2) is 4.92. The minimum atomic E-state index is -0.465. The summed E-state index contributed by atoms with van der Waals surface area (Å²) < 4.78 is 5.64. The van der Waals surface area contributed by atoms with Crippen LogP contribution in [-0.4, -0.2) is 40.4 Å². The number of nitrogens with zero attached hydrogens (tertiary/aromatic N) is 2. The first-order valence-electron chi connectivity index (χ1n) is 5.59. The van der Waals surface area contributed by atoms with Crippen molar-refractivity contribution in [3.05, 3.63) is 23.9 Å². The Morgan fingerprint density at radius 1 is 1.59 bits per heavy atom. The Morgan fingerprint density at radius 3 is 2.88 bits per heavy atom. The molecule has 1 unspecified atom stereocenters. The molecule has 2 heterocycles. The minimum absolute atomic E-state index is 0.0312. The first-order chi connectivity index (χ1) is 8.06. The number of amides is 1. The first kappa shape index (κ1) is 12.2. The van der Waals surface area contributed by atoms with Crippen LogP contribution >= 0.6 is 11.6 Å². The molecule has 1 aliphatic heterocycles. The zero-order chi connectivity index (χ0) is 12.4. The fraction of sp³-hybridized carbons (Fsp3) is 0.500. The highest BCUT2D eigenvalue weighted by Crippen LogP contribution is 2.18. The topological polar surface area (TPSA) is 42.4 Å². The van der Waals surface area contributed by atoms with Crippen LogP contribution in [0, 0.1) is 6.92 Å². The van der Waals surface area contributed by atoms with Gasteiger partial charge in [0.05, 0.1) is 13.1 Å². The van der Waals surface area contributed by atoms with Crippen molar-refractivity contribution in [1.29, 1.82) is 0 Å². The third-order valence-electron chi connectivity index (χ3n) is 2.65. The van der Waals surface area contributed by atoms with Crippen molar-refractivity contribution in [1.82, 2.24) is 9.88 Å². The van der Waals surface area contributed by atoms with Crippen LogP contribution in [0.25, 0.3) is 0 Å². The second-order valence-electron chi connectivity index (χ2n) is 4.22. The Kier molecular flexibility index (Phi) is 3.52. The number of hydrogen-bond donors (Lipinski definition) is 0. The number of halogens is 1. The molecular weight excluding hydrogens is 240 g/mol. The van der Waals surface area contributed by atoms with Gasteiger partial charge in [-0.1, -0.05) is 6.07 Å². The van der Waals surface area contributed by atoms with Crippen molar-refractivity contribution in [2.75, 3.05) is 13.1 Å². The second-order valence-corrected chi connectivity index (χ2v) is 4.87. The SMILES string of the molecule is Cc1cccc(OC2CN(C(=O)C(C)Cl)C2)n1. The summed E-state index contributed by atoms with van der Waals surface area (Å²) in [6, 6.07) is 5.64. The monoisotopic (exact) mass is 254 g/mol. The highest BCUT2D eigenvalue weighted by atomic mass is 35.5. The maximum Gasteiger partial charge on any atom is 0.240 e. The van der Waals surface area contributed by atoms with Crippen LogP contribution in [0.15, 0.2) is 18.2 Å². The zero-order valence-electron chi connectivity index (χ0n) is 9.89. The number of likely N-dealkylation sites (tertiary alicyclic amines) is 1. The molecule has 1 amide bonds. The van der Waals surface area contributed by atoms with Gasteiger partial charge in [-0.3, -0.25) is 4.79 Å². The molecule has 5 heteroatoms. The Balaban J connectivity index is 1.83. The average molecular weight is 255 g/mol. The molecule has 0 aromatic carbocycles. The van der Waals surface area contributed by atoms with Gasteiger partial charge in [-0.05, 0) is 19.9 Å². The molecule has 0 bridgehead atoms. The maximum absolute atomic E-state index is 11.5.